The van der Waals surface area contributed by atoms with Crippen molar-refractivity contribution in [3.8, 4) is 0 Å². The molecule has 0 atom stereocenters. The van der Waals surface area contributed by atoms with Crippen LogP contribution in [0.15, 0.2) is 72.8 Å². The molecule has 0 aliphatic rings. The monoisotopic (exact) mass is 430 g/mol. The zero-order valence-electron chi connectivity index (χ0n) is 19.0. The van der Waals surface area contributed by atoms with Crippen molar-refractivity contribution < 1.29 is 9.59 Å². The van der Waals surface area contributed by atoms with Crippen molar-refractivity contribution in [1.29, 1.82) is 5.41 Å². The maximum Gasteiger partial charge on any atom is 0.274 e. The van der Waals surface area contributed by atoms with Gasteiger partial charge >= 0.3 is 0 Å². The smallest absolute Gasteiger partial charge is 0.274 e. The quantitative estimate of drug-likeness (QED) is 0.378. The molecule has 3 aromatic carbocycles. The fraction of sp³-hybridized carbons (Fsp3) is 0.192. The third kappa shape index (κ3) is 7.81. The fourth-order valence-corrected chi connectivity index (χ4v) is 2.72. The lowest BCUT2D eigenvalue weighted by atomic mass is 10.1. The standard InChI is InChI=1S/C23H21N3O2.C3H9N/c1-16-6-12-19(13-7-16)26-23(28)22(24)20-4-2-3-5-21(20)25-14-17-8-10-18(15-27)11-9-17;1-4(2)3/h2-13,15,24-25H,14H2,1H3,(H,26,28);1-3H3. The number of benzene rings is 3. The van der Waals surface area contributed by atoms with E-state index in [-0.39, 0.29) is 5.71 Å². The third-order valence-corrected chi connectivity index (χ3v) is 4.33. The van der Waals surface area contributed by atoms with Crippen LogP contribution in [-0.4, -0.2) is 43.9 Å². The molecule has 0 radical (unpaired) electrons. The summed E-state index contributed by atoms with van der Waals surface area (Å²) in [5.41, 5.74) is 4.49. The van der Waals surface area contributed by atoms with Crippen molar-refractivity contribution >= 4 is 29.3 Å². The van der Waals surface area contributed by atoms with Crippen LogP contribution < -0.4 is 10.6 Å². The molecule has 0 aliphatic heterocycles. The molecule has 0 saturated carbocycles. The molecule has 32 heavy (non-hydrogen) atoms. The number of anilines is 2. The average molecular weight is 431 g/mol. The fourth-order valence-electron chi connectivity index (χ4n) is 2.72. The number of amides is 1. The van der Waals surface area contributed by atoms with Crippen molar-refractivity contribution in [3.63, 3.8) is 0 Å². The van der Waals surface area contributed by atoms with Crippen molar-refractivity contribution in [2.45, 2.75) is 13.5 Å². The number of hydrogen-bond acceptors (Lipinski definition) is 5. The van der Waals surface area contributed by atoms with Crippen LogP contribution in [0.2, 0.25) is 0 Å². The summed E-state index contributed by atoms with van der Waals surface area (Å²) in [5, 5.41) is 14.3. The highest BCUT2D eigenvalue weighted by atomic mass is 16.1. The minimum atomic E-state index is -0.464. The maximum atomic E-state index is 12.5. The van der Waals surface area contributed by atoms with Crippen LogP contribution in [0, 0.1) is 12.3 Å². The molecule has 3 N–H and O–H groups in total. The van der Waals surface area contributed by atoms with Gasteiger partial charge in [0.2, 0.25) is 0 Å². The number of nitrogens with one attached hydrogen (secondary N) is 3. The van der Waals surface area contributed by atoms with Crippen molar-refractivity contribution in [3.05, 3.63) is 95.1 Å². The molecule has 0 spiro atoms. The summed E-state index contributed by atoms with van der Waals surface area (Å²) in [5.74, 6) is -0.464. The van der Waals surface area contributed by atoms with E-state index in [9.17, 15) is 9.59 Å². The van der Waals surface area contributed by atoms with Gasteiger partial charge < -0.3 is 15.5 Å². The largest absolute Gasteiger partial charge is 0.380 e. The minimum absolute atomic E-state index is 0.111. The van der Waals surface area contributed by atoms with Gasteiger partial charge in [0, 0.05) is 29.0 Å². The number of aldehydes is 1. The minimum Gasteiger partial charge on any atom is -0.380 e. The first kappa shape index (κ1) is 24.5. The Labute approximate surface area is 189 Å². The lowest BCUT2D eigenvalue weighted by molar-refractivity contribution is -0.110. The van der Waals surface area contributed by atoms with Crippen molar-refractivity contribution in [1.82, 2.24) is 4.90 Å². The Bertz CT molecular complexity index is 1040. The highest BCUT2D eigenvalue weighted by Gasteiger charge is 2.15. The zero-order chi connectivity index (χ0) is 23.5. The molecular formula is C26H30N4O2. The van der Waals surface area contributed by atoms with Crippen LogP contribution >= 0.6 is 0 Å². The number of carbonyl (C=O) groups excluding carboxylic acids is 2. The molecule has 0 saturated heterocycles. The highest BCUT2D eigenvalue weighted by molar-refractivity contribution is 6.48. The predicted molar refractivity (Wildman–Crippen MR) is 132 cm³/mol. The Hall–Kier alpha value is -3.77. The van der Waals surface area contributed by atoms with Gasteiger partial charge in [-0.15, -0.1) is 0 Å². The van der Waals surface area contributed by atoms with E-state index < -0.39 is 5.91 Å². The van der Waals surface area contributed by atoms with Crippen LogP contribution in [0.3, 0.4) is 0 Å². The van der Waals surface area contributed by atoms with Gasteiger partial charge in [-0.2, -0.15) is 0 Å². The number of aryl methyl sites for hydroxylation is 1. The second kappa shape index (κ2) is 12.2. The topological polar surface area (TPSA) is 85.3 Å². The maximum absolute atomic E-state index is 12.5. The molecule has 0 bridgehead atoms. The summed E-state index contributed by atoms with van der Waals surface area (Å²) in [7, 11) is 6.00. The van der Waals surface area contributed by atoms with E-state index in [2.05, 4.69) is 10.6 Å². The second-order valence-electron chi connectivity index (χ2n) is 7.80. The Morgan fingerprint density at radius 1 is 0.938 bits per heavy atom. The molecular weight excluding hydrogens is 400 g/mol. The Kier molecular flexibility index (Phi) is 9.32. The summed E-state index contributed by atoms with van der Waals surface area (Å²) in [6, 6.07) is 21.9. The molecule has 3 aromatic rings. The first-order valence-electron chi connectivity index (χ1n) is 10.2. The Morgan fingerprint density at radius 3 is 2.12 bits per heavy atom. The molecule has 1 amide bonds. The highest BCUT2D eigenvalue weighted by Crippen LogP contribution is 2.18. The molecule has 3 rings (SSSR count). The number of hydrogen-bond donors (Lipinski definition) is 3. The summed E-state index contributed by atoms with van der Waals surface area (Å²) in [4.78, 5) is 25.2. The molecule has 0 aromatic heterocycles. The zero-order valence-corrected chi connectivity index (χ0v) is 19.0. The lowest BCUT2D eigenvalue weighted by Crippen LogP contribution is -2.24. The summed E-state index contributed by atoms with van der Waals surface area (Å²) in [6.07, 6.45) is 0.806. The normalized spacial score (nSPS) is 10.0. The van der Waals surface area contributed by atoms with E-state index >= 15 is 0 Å². The van der Waals surface area contributed by atoms with E-state index in [0.29, 0.717) is 29.0 Å². The summed E-state index contributed by atoms with van der Waals surface area (Å²) in [6.45, 7) is 2.49. The van der Waals surface area contributed by atoms with Gasteiger partial charge in [0.15, 0.2) is 0 Å². The van der Waals surface area contributed by atoms with Gasteiger partial charge in [0.1, 0.15) is 12.0 Å². The lowest BCUT2D eigenvalue weighted by Gasteiger charge is -2.13. The van der Waals surface area contributed by atoms with Crippen LogP contribution in [0.25, 0.3) is 0 Å². The molecule has 0 unspecified atom stereocenters. The third-order valence-electron chi connectivity index (χ3n) is 4.33. The van der Waals surface area contributed by atoms with Gasteiger partial charge in [-0.05, 0) is 51.8 Å². The average Bonchev–Trinajstić information content (AvgIpc) is 2.79. The number of rotatable bonds is 7. The van der Waals surface area contributed by atoms with Gasteiger partial charge in [0.05, 0.1) is 0 Å². The van der Waals surface area contributed by atoms with Crippen LogP contribution in [0.5, 0.6) is 0 Å². The first-order chi connectivity index (χ1) is 15.3. The summed E-state index contributed by atoms with van der Waals surface area (Å²) < 4.78 is 0. The summed E-state index contributed by atoms with van der Waals surface area (Å²) >= 11 is 0. The first-order valence-corrected chi connectivity index (χ1v) is 10.2. The Balaban J connectivity index is 0.000000837. The van der Waals surface area contributed by atoms with Crippen LogP contribution in [0.1, 0.15) is 27.0 Å². The van der Waals surface area contributed by atoms with Crippen molar-refractivity contribution in [2.75, 3.05) is 31.8 Å². The number of carbonyl (C=O) groups is 2. The number of para-hydroxylation sites is 1. The molecule has 6 heteroatoms. The van der Waals surface area contributed by atoms with Crippen LogP contribution in [0.4, 0.5) is 11.4 Å². The van der Waals surface area contributed by atoms with E-state index in [1.54, 1.807) is 24.3 Å². The molecule has 0 aliphatic carbocycles. The van der Waals surface area contributed by atoms with E-state index in [4.69, 9.17) is 5.41 Å². The molecule has 166 valence electrons. The van der Waals surface area contributed by atoms with E-state index in [1.165, 1.54) is 0 Å². The van der Waals surface area contributed by atoms with Gasteiger partial charge in [-0.3, -0.25) is 15.0 Å². The Morgan fingerprint density at radius 2 is 1.53 bits per heavy atom. The predicted octanol–water partition coefficient (Wildman–Crippen LogP) is 4.60. The van der Waals surface area contributed by atoms with E-state index in [1.807, 2.05) is 81.5 Å². The SMILES string of the molecule is CN(C)C.Cc1ccc(NC(=O)C(=N)c2ccccc2NCc2ccc(C=O)cc2)cc1. The number of nitrogens with zero attached hydrogens (tertiary/aromatic N) is 1. The van der Waals surface area contributed by atoms with Gasteiger partial charge in [-0.25, -0.2) is 0 Å². The van der Waals surface area contributed by atoms with Crippen LogP contribution in [-0.2, 0) is 11.3 Å². The van der Waals surface area contributed by atoms with Gasteiger partial charge in [0.25, 0.3) is 5.91 Å². The molecule has 0 heterocycles. The molecule has 0 fully saturated rings. The van der Waals surface area contributed by atoms with Crippen molar-refractivity contribution in [2.24, 2.45) is 0 Å². The van der Waals surface area contributed by atoms with E-state index in [0.717, 1.165) is 17.4 Å². The molecule has 6 nitrogen and oxygen atoms in total. The second-order valence-corrected chi connectivity index (χ2v) is 7.80. The van der Waals surface area contributed by atoms with Gasteiger partial charge in [-0.1, -0.05) is 60.2 Å².